The molecule has 1 fully saturated rings. The third-order valence-electron chi connectivity index (χ3n) is 5.41. The number of hydrogen-bond acceptors (Lipinski definition) is 5. The van der Waals surface area contributed by atoms with E-state index < -0.39 is 6.09 Å². The molecule has 0 bridgehead atoms. The van der Waals surface area contributed by atoms with Gasteiger partial charge in [0, 0.05) is 30.9 Å². The van der Waals surface area contributed by atoms with E-state index in [1.165, 1.54) is 0 Å². The van der Waals surface area contributed by atoms with Gasteiger partial charge in [0.05, 0.1) is 23.5 Å². The Labute approximate surface area is 162 Å². The van der Waals surface area contributed by atoms with Gasteiger partial charge in [-0.25, -0.2) is 9.78 Å². The second kappa shape index (κ2) is 7.49. The van der Waals surface area contributed by atoms with E-state index in [9.17, 15) is 9.59 Å². The number of pyridine rings is 1. The first kappa shape index (κ1) is 18.3. The summed E-state index contributed by atoms with van der Waals surface area (Å²) in [5.41, 5.74) is 2.88. The van der Waals surface area contributed by atoms with Crippen LogP contribution in [0.2, 0.25) is 0 Å². The van der Waals surface area contributed by atoms with Crippen molar-refractivity contribution in [3.63, 3.8) is 0 Å². The molecule has 2 atom stereocenters. The fraction of sp³-hybridized carbons (Fsp3) is 0.474. The molecule has 2 aromatic heterocycles. The average Bonchev–Trinajstić information content (AvgIpc) is 3.29. The Bertz CT molecular complexity index is 909. The molecule has 1 aliphatic carbocycles. The molecule has 0 spiro atoms. The molecule has 148 valence electrons. The first-order valence-electron chi connectivity index (χ1n) is 9.66. The molecule has 28 heavy (non-hydrogen) atoms. The van der Waals surface area contributed by atoms with Gasteiger partial charge >= 0.3 is 6.09 Å². The Morgan fingerprint density at radius 2 is 2.14 bits per heavy atom. The minimum atomic E-state index is -1.01. The van der Waals surface area contributed by atoms with Crippen LogP contribution >= 0.6 is 0 Å². The summed E-state index contributed by atoms with van der Waals surface area (Å²) in [4.78, 5) is 28.2. The molecule has 2 aromatic rings. The molecule has 3 heterocycles. The van der Waals surface area contributed by atoms with E-state index in [4.69, 9.17) is 10.1 Å². The van der Waals surface area contributed by atoms with Crippen molar-refractivity contribution >= 4 is 17.8 Å². The van der Waals surface area contributed by atoms with Gasteiger partial charge in [0.1, 0.15) is 5.82 Å². The van der Waals surface area contributed by atoms with Crippen LogP contribution in [0.3, 0.4) is 0 Å². The second-order valence-corrected chi connectivity index (χ2v) is 7.25. The van der Waals surface area contributed by atoms with E-state index in [0.717, 1.165) is 43.4 Å². The van der Waals surface area contributed by atoms with E-state index in [0.29, 0.717) is 23.6 Å². The lowest BCUT2D eigenvalue weighted by Gasteiger charge is -2.32. The van der Waals surface area contributed by atoms with Crippen LogP contribution in [0, 0.1) is 0 Å². The van der Waals surface area contributed by atoms with E-state index >= 15 is 0 Å². The normalized spacial score (nSPS) is 21.1. The lowest BCUT2D eigenvalue weighted by Crippen LogP contribution is -2.48. The average molecular weight is 384 g/mol. The molecular formula is C19H24N6O3. The van der Waals surface area contributed by atoms with E-state index in [-0.39, 0.29) is 18.0 Å². The van der Waals surface area contributed by atoms with E-state index in [1.807, 2.05) is 19.2 Å². The number of carbonyl (C=O) groups is 2. The Balaban J connectivity index is 1.67. The highest BCUT2D eigenvalue weighted by Gasteiger charge is 2.29. The first-order valence-corrected chi connectivity index (χ1v) is 9.66. The fourth-order valence-electron chi connectivity index (χ4n) is 4.02. The summed E-state index contributed by atoms with van der Waals surface area (Å²) in [6, 6.07) is 1.69. The molecule has 2 amide bonds. The van der Waals surface area contributed by atoms with Crippen LogP contribution in [0.25, 0.3) is 11.3 Å². The maximum Gasteiger partial charge on any atom is 0.404 e. The van der Waals surface area contributed by atoms with Crippen molar-refractivity contribution in [1.82, 2.24) is 25.4 Å². The summed E-state index contributed by atoms with van der Waals surface area (Å²) >= 11 is 0. The maximum absolute atomic E-state index is 12.3. The number of aryl methyl sites for hydroxylation is 1. The Hall–Kier alpha value is -3.10. The predicted molar refractivity (Wildman–Crippen MR) is 103 cm³/mol. The summed E-state index contributed by atoms with van der Waals surface area (Å²) in [7, 11) is 0. The molecular weight excluding hydrogens is 360 g/mol. The summed E-state index contributed by atoms with van der Waals surface area (Å²) in [6.07, 6.45) is 6.29. The smallest absolute Gasteiger partial charge is 0.404 e. The number of nitrogens with one attached hydrogen (secondary N) is 3. The van der Waals surface area contributed by atoms with Crippen LogP contribution in [0.15, 0.2) is 18.5 Å². The zero-order valence-corrected chi connectivity index (χ0v) is 15.7. The molecule has 4 N–H and O–H groups in total. The van der Waals surface area contributed by atoms with Gasteiger partial charge in [0.2, 0.25) is 0 Å². The summed E-state index contributed by atoms with van der Waals surface area (Å²) in [5, 5.41) is 22.3. The minimum absolute atomic E-state index is 0.0355. The molecule has 0 radical (unpaired) electrons. The van der Waals surface area contributed by atoms with Gasteiger partial charge in [-0.1, -0.05) is 12.8 Å². The van der Waals surface area contributed by atoms with E-state index in [1.54, 1.807) is 10.9 Å². The number of anilines is 1. The second-order valence-electron chi connectivity index (χ2n) is 7.25. The van der Waals surface area contributed by atoms with Gasteiger partial charge in [0.15, 0.2) is 0 Å². The SMILES string of the molecule is CCn1cc(-c2nc(N[C@@H]3CCCC[C@H]3NC(=O)O)cc3c2C(=O)NC3)cn1. The fourth-order valence-corrected chi connectivity index (χ4v) is 4.02. The molecule has 0 aromatic carbocycles. The van der Waals surface area contributed by atoms with Crippen molar-refractivity contribution < 1.29 is 14.7 Å². The Morgan fingerprint density at radius 3 is 2.86 bits per heavy atom. The molecule has 9 nitrogen and oxygen atoms in total. The van der Waals surface area contributed by atoms with Crippen molar-refractivity contribution in [2.24, 2.45) is 0 Å². The van der Waals surface area contributed by atoms with Gasteiger partial charge < -0.3 is 21.1 Å². The monoisotopic (exact) mass is 384 g/mol. The van der Waals surface area contributed by atoms with Crippen LogP contribution in [0.4, 0.5) is 10.6 Å². The molecule has 9 heteroatoms. The quantitative estimate of drug-likeness (QED) is 0.627. The maximum atomic E-state index is 12.3. The number of fused-ring (bicyclic) bond motifs is 1. The lowest BCUT2D eigenvalue weighted by atomic mass is 9.90. The van der Waals surface area contributed by atoms with Gasteiger partial charge in [0.25, 0.3) is 5.91 Å². The zero-order valence-electron chi connectivity index (χ0n) is 15.7. The summed E-state index contributed by atoms with van der Waals surface area (Å²) in [5.74, 6) is 0.523. The van der Waals surface area contributed by atoms with Crippen molar-refractivity contribution in [3.05, 3.63) is 29.6 Å². The molecule has 4 rings (SSSR count). The van der Waals surface area contributed by atoms with Crippen LogP contribution in [-0.4, -0.2) is 44.0 Å². The van der Waals surface area contributed by atoms with Gasteiger partial charge in [-0.05, 0) is 31.4 Å². The largest absolute Gasteiger partial charge is 0.465 e. The van der Waals surface area contributed by atoms with Gasteiger partial charge in [-0.2, -0.15) is 5.10 Å². The molecule has 1 aliphatic heterocycles. The third-order valence-corrected chi connectivity index (χ3v) is 5.41. The topological polar surface area (TPSA) is 121 Å². The van der Waals surface area contributed by atoms with Crippen molar-refractivity contribution in [2.45, 2.75) is 57.8 Å². The highest BCUT2D eigenvalue weighted by Crippen LogP contribution is 2.31. The minimum Gasteiger partial charge on any atom is -0.465 e. The molecule has 2 aliphatic rings. The van der Waals surface area contributed by atoms with Crippen molar-refractivity contribution in [2.75, 3.05) is 5.32 Å². The van der Waals surface area contributed by atoms with Crippen LogP contribution in [0.5, 0.6) is 0 Å². The number of aromatic nitrogens is 3. The van der Waals surface area contributed by atoms with Crippen molar-refractivity contribution in [3.8, 4) is 11.3 Å². The summed E-state index contributed by atoms with van der Waals surface area (Å²) in [6.45, 7) is 3.19. The number of rotatable bonds is 5. The Kier molecular flexibility index (Phi) is 4.89. The molecule has 0 saturated heterocycles. The highest BCUT2D eigenvalue weighted by molar-refractivity contribution is 6.04. The zero-order chi connectivity index (χ0) is 19.7. The van der Waals surface area contributed by atoms with Gasteiger partial charge in [-0.3, -0.25) is 9.48 Å². The van der Waals surface area contributed by atoms with Crippen LogP contribution in [-0.2, 0) is 13.1 Å². The number of amides is 2. The standard InChI is InChI=1S/C19H24N6O3/c1-2-25-10-12(9-21-25)17-16-11(8-20-18(16)26)7-15(24-17)22-13-5-3-4-6-14(13)23-19(27)28/h7,9-10,13-14,23H,2-6,8H2,1H3,(H,20,26)(H,22,24)(H,27,28)/t13-,14-/m1/s1. The van der Waals surface area contributed by atoms with E-state index in [2.05, 4.69) is 21.0 Å². The number of hydrogen-bond donors (Lipinski definition) is 4. The number of nitrogens with zero attached hydrogens (tertiary/aromatic N) is 3. The lowest BCUT2D eigenvalue weighted by molar-refractivity contribution is 0.0966. The van der Waals surface area contributed by atoms with Crippen molar-refractivity contribution in [1.29, 1.82) is 0 Å². The predicted octanol–water partition coefficient (Wildman–Crippen LogP) is 2.20. The van der Waals surface area contributed by atoms with Crippen LogP contribution < -0.4 is 16.0 Å². The Morgan fingerprint density at radius 1 is 1.36 bits per heavy atom. The third kappa shape index (κ3) is 3.51. The molecule has 0 unspecified atom stereocenters. The van der Waals surface area contributed by atoms with Crippen LogP contribution in [0.1, 0.15) is 48.5 Å². The number of carbonyl (C=O) groups excluding carboxylic acids is 1. The summed E-state index contributed by atoms with van der Waals surface area (Å²) < 4.78 is 1.80. The number of carboxylic acid groups (broad SMARTS) is 1. The first-order chi connectivity index (χ1) is 13.5. The highest BCUT2D eigenvalue weighted by atomic mass is 16.4. The molecule has 1 saturated carbocycles. The van der Waals surface area contributed by atoms with Gasteiger partial charge in [-0.15, -0.1) is 0 Å².